The Bertz CT molecular complexity index is 4350. The van der Waals surface area contributed by atoms with Gasteiger partial charge in [0.25, 0.3) is 0 Å². The van der Waals surface area contributed by atoms with Crippen LogP contribution >= 0.6 is 0 Å². The number of aromatic nitrogens is 12. The van der Waals surface area contributed by atoms with E-state index >= 15 is 0 Å². The number of pyridine rings is 12. The fraction of sp³-hybridized carbons (Fsp3) is 0. The van der Waals surface area contributed by atoms with Gasteiger partial charge in [0.2, 0.25) is 0 Å². The van der Waals surface area contributed by atoms with Gasteiger partial charge >= 0.3 is 49.5 Å². The van der Waals surface area contributed by atoms with Gasteiger partial charge in [-0.2, -0.15) is 0 Å². The largest absolute Gasteiger partial charge is 2.00 e. The second-order valence-electron chi connectivity index (χ2n) is 20.9. The van der Waals surface area contributed by atoms with Crippen LogP contribution in [0.3, 0.4) is 0 Å². The van der Waals surface area contributed by atoms with Crippen LogP contribution in [0.15, 0.2) is 256 Å². The van der Waals surface area contributed by atoms with Crippen molar-refractivity contribution in [1.82, 2.24) is 29.9 Å². The Morgan fingerprint density at radius 3 is 0.303 bits per heavy atom. The number of nitrogens with zero attached hydrogens (tertiary/aromatic N) is 6. The molecule has 0 fully saturated rings. The molecule has 720 valence electrons. The molecular formula is C78H84N12Ni3O39. The van der Waals surface area contributed by atoms with Crippen LogP contribution < -0.4 is 91.2 Å². The van der Waals surface area contributed by atoms with Crippen molar-refractivity contribution in [2.24, 2.45) is 0 Å². The van der Waals surface area contributed by atoms with E-state index in [1.165, 1.54) is 69.8 Å². The molecule has 12 aromatic rings. The van der Waals surface area contributed by atoms with Crippen LogP contribution in [-0.2, 0) is 49.5 Å². The summed E-state index contributed by atoms with van der Waals surface area (Å²) in [6, 6.07) is 45.6. The van der Waals surface area contributed by atoms with Gasteiger partial charge in [-0.25, -0.2) is 59.8 Å². The normalized spacial score (nSPS) is 8.45. The number of carboxylic acid groups (broad SMARTS) is 12. The van der Waals surface area contributed by atoms with E-state index in [4.69, 9.17) is 0 Å². The van der Waals surface area contributed by atoms with Crippen molar-refractivity contribution in [3.63, 3.8) is 0 Å². The predicted molar refractivity (Wildman–Crippen MR) is 416 cm³/mol. The molecule has 12 rings (SSSR count). The van der Waals surface area contributed by atoms with Gasteiger partial charge in [-0.15, -0.1) is 0 Å². The number of aromatic amines is 6. The monoisotopic (exact) mass is 1990 g/mol. The number of carbonyl (C=O) groups excluding carboxylic acids is 12. The molecule has 12 heterocycles. The van der Waals surface area contributed by atoms with Crippen LogP contribution in [-0.4, -0.2) is 184 Å². The number of aromatic carboxylic acids is 12. The Kier molecular flexibility index (Phi) is 94.1. The zero-order valence-electron chi connectivity index (χ0n) is 66.6. The van der Waals surface area contributed by atoms with Crippen LogP contribution in [0.5, 0.6) is 0 Å². The number of H-pyrrole nitrogens is 6. The van der Waals surface area contributed by atoms with E-state index in [1.807, 2.05) is 147 Å². The minimum atomic E-state index is -1.52. The number of hydrogen-bond donors (Lipinski definition) is 0. The Balaban J connectivity index is -0.0000000883. The molecule has 0 aliphatic heterocycles. The van der Waals surface area contributed by atoms with E-state index in [0.717, 1.165) is 72.8 Å². The molecular weight excluding hydrogens is 1900 g/mol. The summed E-state index contributed by atoms with van der Waals surface area (Å²) in [4.78, 5) is 160. The van der Waals surface area contributed by atoms with E-state index in [2.05, 4.69) is 96.3 Å². The fourth-order valence-corrected chi connectivity index (χ4v) is 7.62. The zero-order chi connectivity index (χ0) is 83.7. The third-order valence-electron chi connectivity index (χ3n) is 12.9. The van der Waals surface area contributed by atoms with Crippen molar-refractivity contribution in [2.45, 2.75) is 0 Å². The maximum absolute atomic E-state index is 10.2. The number of carbonyl (C=O) groups is 12. The second-order valence-corrected chi connectivity index (χ2v) is 20.9. The average molecular weight is 1990 g/mol. The molecule has 0 saturated carbocycles. The number of nitrogens with one attached hydrogen (secondary N) is 6. The molecule has 0 aliphatic carbocycles. The fourth-order valence-electron chi connectivity index (χ4n) is 7.62. The SMILES string of the molecule is C(=C\c1cc[nH+]cc1)/c1cc[nH+]cc1.C(=C\c1cc[nH+]cc1)/c1cc[nH+]cc1.C(=C\c1cc[nH+]cc1)/c1cc[nH+]cc1.O.O.O.O.O.O.O.O.O.O.O.O.O.O.O.O=C([O-])c1cccc(C(=O)[O-])n1.O=C([O-])c1cccc(C(=O)[O-])n1.O=C([O-])c1cccc(C(=O)[O-])n1.O=C([O-])c1cccc(C(=O)[O-])n1.O=C([O-])c1cccc(C(=O)[O-])n1.O=C([O-])c1cccc(C(=O)[O-])n1.[Ni+2].[Ni+2].[Ni+2]. The maximum Gasteiger partial charge on any atom is 2.00 e. The van der Waals surface area contributed by atoms with Crippen molar-refractivity contribution in [3.8, 4) is 0 Å². The molecule has 0 radical (unpaired) electrons. The van der Waals surface area contributed by atoms with Crippen LogP contribution in [0, 0.1) is 0 Å². The van der Waals surface area contributed by atoms with Crippen molar-refractivity contribution < 1.29 is 280 Å². The van der Waals surface area contributed by atoms with Gasteiger partial charge < -0.3 is 201 Å². The van der Waals surface area contributed by atoms with Crippen LogP contribution in [0.25, 0.3) is 36.5 Å². The molecule has 0 aromatic carbocycles. The van der Waals surface area contributed by atoms with Crippen LogP contribution in [0.1, 0.15) is 159 Å². The molecule has 0 atom stereocenters. The van der Waals surface area contributed by atoms with Gasteiger partial charge in [-0.1, -0.05) is 72.9 Å². The summed E-state index contributed by atoms with van der Waals surface area (Å²) in [5, 5.41) is 122. The Labute approximate surface area is 772 Å². The topological polar surface area (TPSA) is 1120 Å². The first kappa shape index (κ1) is 150. The molecule has 0 amide bonds. The summed E-state index contributed by atoms with van der Waals surface area (Å²) in [7, 11) is 0. The first-order valence-corrected chi connectivity index (χ1v) is 31.7. The van der Waals surface area contributed by atoms with Gasteiger partial charge in [-0.3, -0.25) is 0 Å². The minimum absolute atomic E-state index is 0. The van der Waals surface area contributed by atoms with Gasteiger partial charge in [0, 0.05) is 72.8 Å². The number of hydrogen-bond acceptors (Lipinski definition) is 30. The van der Waals surface area contributed by atoms with Gasteiger partial charge in [0.1, 0.15) is 0 Å². The van der Waals surface area contributed by atoms with Gasteiger partial charge in [0.15, 0.2) is 74.4 Å². The smallest absolute Gasteiger partial charge is 0.543 e. The Morgan fingerprint density at radius 1 is 0.159 bits per heavy atom. The molecule has 51 nitrogen and oxygen atoms in total. The molecule has 0 unspecified atom stereocenters. The second kappa shape index (κ2) is 82.8. The average Bonchev–Trinajstić information content (AvgIpc) is 0.897. The molecule has 12 aromatic heterocycles. The molecule has 0 bridgehead atoms. The van der Waals surface area contributed by atoms with E-state index in [0.29, 0.717) is 0 Å². The summed E-state index contributed by atoms with van der Waals surface area (Å²) in [5.74, 6) is -18.2. The standard InChI is InChI=1S/3C12H10N2.6C7H5NO4.3Ni.15H2O/c3*1(11-3-7-13-8-4-11)2-12-5-9-14-10-6-12;6*9-6(10)4-2-1-3-5(8-4)7(11)12;;;;;;;;;;;;;;;;;;/h3*1-10H;6*1-3H,(H,9,10)(H,11,12);;;;15*1H2/q;;;;;;;;;3*+2;;;;;;;;;;;;;;;/p-6/b3*2-1+;;;;;;;;;;;;;;;;;;;;;;;;. The summed E-state index contributed by atoms with van der Waals surface area (Å²) >= 11 is 0. The molecule has 0 aliphatic rings. The first-order valence-electron chi connectivity index (χ1n) is 31.7. The summed E-state index contributed by atoms with van der Waals surface area (Å²) in [5.41, 5.74) is 2.11. The molecule has 0 spiro atoms. The van der Waals surface area contributed by atoms with Gasteiger partial charge in [-0.05, 0) is 106 Å². The summed E-state index contributed by atoms with van der Waals surface area (Å²) < 4.78 is 0. The van der Waals surface area contributed by atoms with E-state index in [-0.39, 0.29) is 132 Å². The molecule has 54 heteroatoms. The van der Waals surface area contributed by atoms with E-state index in [1.54, 1.807) is 0 Å². The minimum Gasteiger partial charge on any atom is -0.543 e. The van der Waals surface area contributed by atoms with Crippen LogP contribution in [0.4, 0.5) is 0 Å². The van der Waals surface area contributed by atoms with Crippen LogP contribution in [0.2, 0.25) is 0 Å². The van der Waals surface area contributed by atoms with Crippen molar-refractivity contribution in [2.75, 3.05) is 0 Å². The quantitative estimate of drug-likeness (QED) is 0.0720. The first-order chi connectivity index (χ1) is 54.5. The number of carboxylic acids is 12. The van der Waals surface area contributed by atoms with Crippen molar-refractivity contribution in [1.29, 1.82) is 0 Å². The molecule has 132 heavy (non-hydrogen) atoms. The van der Waals surface area contributed by atoms with E-state index in [9.17, 15) is 119 Å². The molecule has 0 saturated heterocycles. The predicted octanol–water partition coefficient (Wildman–Crippen LogP) is -21.1. The van der Waals surface area contributed by atoms with Gasteiger partial charge in [0.05, 0.1) is 140 Å². The molecule has 36 N–H and O–H groups in total. The Morgan fingerprint density at radius 2 is 0.235 bits per heavy atom. The third-order valence-corrected chi connectivity index (χ3v) is 12.9. The van der Waals surface area contributed by atoms with Crippen molar-refractivity contribution >= 4 is 108 Å². The van der Waals surface area contributed by atoms with E-state index < -0.39 is 140 Å². The van der Waals surface area contributed by atoms with Crippen molar-refractivity contribution in [3.05, 3.63) is 358 Å². The maximum atomic E-state index is 10.2. The Hall–Kier alpha value is -16.5. The third kappa shape index (κ3) is 60.2. The number of rotatable bonds is 18. The summed E-state index contributed by atoms with van der Waals surface area (Å²) in [6.07, 6.45) is 35.5. The zero-order valence-corrected chi connectivity index (χ0v) is 69.6. The summed E-state index contributed by atoms with van der Waals surface area (Å²) in [6.45, 7) is 0.